The average molecular weight is 325 g/mol. The second-order valence-corrected chi connectivity index (χ2v) is 5.05. The lowest BCUT2D eigenvalue weighted by Crippen LogP contribution is -2.24. The van der Waals surface area contributed by atoms with Crippen LogP contribution in [-0.4, -0.2) is 23.5 Å². The summed E-state index contributed by atoms with van der Waals surface area (Å²) in [6, 6.07) is 11.1. The number of carbonyl (C=O) groups excluding carboxylic acids is 2. The normalized spacial score (nSPS) is 10.5. The fourth-order valence-electron chi connectivity index (χ4n) is 1.93. The number of pyridine rings is 1. The fourth-order valence-corrected chi connectivity index (χ4v) is 1.93. The molecule has 0 fully saturated rings. The Hall–Kier alpha value is -3.15. The molecule has 0 spiro atoms. The van der Waals surface area contributed by atoms with E-state index in [-0.39, 0.29) is 6.61 Å². The van der Waals surface area contributed by atoms with Gasteiger partial charge >= 0.3 is 6.09 Å². The topological polar surface area (TPSA) is 94.3 Å². The van der Waals surface area contributed by atoms with Gasteiger partial charge in [0.1, 0.15) is 6.61 Å². The third-order valence-electron chi connectivity index (χ3n) is 3.15. The van der Waals surface area contributed by atoms with Crippen LogP contribution in [0.25, 0.3) is 6.08 Å². The SMILES string of the molecule is NC(=O)c1cncc(C=CCCNC(=O)OCc2ccccc2)c1. The second kappa shape index (κ2) is 9.09. The molecule has 0 saturated heterocycles. The maximum atomic E-state index is 11.6. The van der Waals surface area contributed by atoms with Crippen molar-refractivity contribution in [1.82, 2.24) is 10.3 Å². The molecule has 3 N–H and O–H groups in total. The molecule has 0 atom stereocenters. The van der Waals surface area contributed by atoms with Crippen molar-refractivity contribution in [2.45, 2.75) is 13.0 Å². The highest BCUT2D eigenvalue weighted by Crippen LogP contribution is 2.05. The Morgan fingerprint density at radius 1 is 1.21 bits per heavy atom. The van der Waals surface area contributed by atoms with Crippen LogP contribution in [0.5, 0.6) is 0 Å². The van der Waals surface area contributed by atoms with Gasteiger partial charge < -0.3 is 15.8 Å². The highest BCUT2D eigenvalue weighted by Gasteiger charge is 2.01. The van der Waals surface area contributed by atoms with Crippen molar-refractivity contribution < 1.29 is 14.3 Å². The summed E-state index contributed by atoms with van der Waals surface area (Å²) in [7, 11) is 0. The maximum absolute atomic E-state index is 11.6. The van der Waals surface area contributed by atoms with E-state index in [0.717, 1.165) is 11.1 Å². The Bertz CT molecular complexity index is 714. The summed E-state index contributed by atoms with van der Waals surface area (Å²) >= 11 is 0. The molecule has 2 amide bonds. The van der Waals surface area contributed by atoms with E-state index in [1.54, 1.807) is 12.3 Å². The van der Waals surface area contributed by atoms with Gasteiger partial charge in [-0.2, -0.15) is 0 Å². The minimum Gasteiger partial charge on any atom is -0.445 e. The molecule has 6 heteroatoms. The third-order valence-corrected chi connectivity index (χ3v) is 3.15. The molecule has 0 saturated carbocycles. The van der Waals surface area contributed by atoms with Crippen LogP contribution in [0.3, 0.4) is 0 Å². The quantitative estimate of drug-likeness (QED) is 0.765. The number of hydrogen-bond donors (Lipinski definition) is 2. The number of ether oxygens (including phenoxy) is 1. The van der Waals surface area contributed by atoms with Crippen molar-refractivity contribution in [3.8, 4) is 0 Å². The van der Waals surface area contributed by atoms with E-state index in [1.807, 2.05) is 42.5 Å². The lowest BCUT2D eigenvalue weighted by atomic mass is 10.2. The van der Waals surface area contributed by atoms with Crippen molar-refractivity contribution in [3.63, 3.8) is 0 Å². The molecule has 1 heterocycles. The summed E-state index contributed by atoms with van der Waals surface area (Å²) in [6.45, 7) is 0.696. The first-order valence-corrected chi connectivity index (χ1v) is 7.51. The fraction of sp³-hybridized carbons (Fsp3) is 0.167. The molecule has 124 valence electrons. The number of primary amides is 1. The van der Waals surface area contributed by atoms with Crippen LogP contribution in [0.1, 0.15) is 27.9 Å². The summed E-state index contributed by atoms with van der Waals surface area (Å²) in [5.74, 6) is -0.513. The highest BCUT2D eigenvalue weighted by molar-refractivity contribution is 5.92. The molecular formula is C18H19N3O3. The number of hydrogen-bond acceptors (Lipinski definition) is 4. The standard InChI is InChI=1S/C18H19N3O3/c19-17(22)16-10-15(11-20-12-16)8-4-5-9-21-18(23)24-13-14-6-2-1-3-7-14/h1-4,6-8,10-12H,5,9,13H2,(H2,19,22)(H,21,23). The lowest BCUT2D eigenvalue weighted by molar-refractivity contribution is 0.0999. The van der Waals surface area contributed by atoms with Gasteiger partial charge in [0.25, 0.3) is 0 Å². The van der Waals surface area contributed by atoms with Crippen molar-refractivity contribution in [3.05, 3.63) is 71.6 Å². The van der Waals surface area contributed by atoms with Crippen molar-refractivity contribution in [2.75, 3.05) is 6.54 Å². The minimum absolute atomic E-state index is 0.244. The molecule has 0 aliphatic carbocycles. The van der Waals surface area contributed by atoms with Crippen LogP contribution in [0.2, 0.25) is 0 Å². The minimum atomic E-state index is -0.513. The lowest BCUT2D eigenvalue weighted by Gasteiger charge is -2.05. The third kappa shape index (κ3) is 5.92. The Morgan fingerprint density at radius 3 is 2.75 bits per heavy atom. The van der Waals surface area contributed by atoms with Gasteiger partial charge in [0.15, 0.2) is 0 Å². The van der Waals surface area contributed by atoms with Crippen LogP contribution in [0.15, 0.2) is 54.9 Å². The Balaban J connectivity index is 1.68. The van der Waals surface area contributed by atoms with Gasteiger partial charge in [-0.05, 0) is 23.6 Å². The number of aromatic nitrogens is 1. The molecule has 0 bridgehead atoms. The predicted molar refractivity (Wildman–Crippen MR) is 91.0 cm³/mol. The van der Waals surface area contributed by atoms with E-state index in [1.165, 1.54) is 6.20 Å². The number of nitrogens with two attached hydrogens (primary N) is 1. The number of rotatable bonds is 7. The zero-order chi connectivity index (χ0) is 17.2. The first-order chi connectivity index (χ1) is 11.6. The van der Waals surface area contributed by atoms with Crippen molar-refractivity contribution in [2.24, 2.45) is 5.73 Å². The van der Waals surface area contributed by atoms with Gasteiger partial charge in [-0.15, -0.1) is 0 Å². The molecule has 24 heavy (non-hydrogen) atoms. The van der Waals surface area contributed by atoms with Crippen LogP contribution >= 0.6 is 0 Å². The Kier molecular flexibility index (Phi) is 6.52. The van der Waals surface area contributed by atoms with Crippen LogP contribution in [-0.2, 0) is 11.3 Å². The molecule has 2 rings (SSSR count). The number of alkyl carbamates (subject to hydrolysis) is 1. The summed E-state index contributed by atoms with van der Waals surface area (Å²) in [5, 5.41) is 2.67. The summed E-state index contributed by atoms with van der Waals surface area (Å²) in [4.78, 5) is 26.6. The number of nitrogens with zero attached hydrogens (tertiary/aromatic N) is 1. The Labute approximate surface area is 140 Å². The Morgan fingerprint density at radius 2 is 2.00 bits per heavy atom. The van der Waals surface area contributed by atoms with E-state index >= 15 is 0 Å². The monoisotopic (exact) mass is 325 g/mol. The van der Waals surface area contributed by atoms with Gasteiger partial charge in [-0.3, -0.25) is 9.78 Å². The summed E-state index contributed by atoms with van der Waals surface area (Å²) in [5.41, 5.74) is 7.27. The van der Waals surface area contributed by atoms with E-state index in [4.69, 9.17) is 10.5 Å². The molecule has 0 radical (unpaired) electrons. The average Bonchev–Trinajstić information content (AvgIpc) is 2.61. The van der Waals surface area contributed by atoms with Gasteiger partial charge in [-0.1, -0.05) is 42.5 Å². The summed E-state index contributed by atoms with van der Waals surface area (Å²) in [6.07, 6.45) is 6.91. The van der Waals surface area contributed by atoms with Crippen molar-refractivity contribution >= 4 is 18.1 Å². The first-order valence-electron chi connectivity index (χ1n) is 7.51. The number of benzene rings is 1. The molecular weight excluding hydrogens is 306 g/mol. The maximum Gasteiger partial charge on any atom is 0.407 e. The number of nitrogens with one attached hydrogen (secondary N) is 1. The molecule has 6 nitrogen and oxygen atoms in total. The predicted octanol–water partition coefficient (Wildman–Crippen LogP) is 2.51. The van der Waals surface area contributed by atoms with Crippen LogP contribution in [0.4, 0.5) is 4.79 Å². The van der Waals surface area contributed by atoms with Gasteiger partial charge in [0, 0.05) is 18.9 Å². The van der Waals surface area contributed by atoms with Crippen molar-refractivity contribution in [1.29, 1.82) is 0 Å². The largest absolute Gasteiger partial charge is 0.445 e. The zero-order valence-electron chi connectivity index (χ0n) is 13.1. The first kappa shape index (κ1) is 17.2. The number of amides is 2. The molecule has 0 aliphatic heterocycles. The highest BCUT2D eigenvalue weighted by atomic mass is 16.5. The van der Waals surface area contributed by atoms with Crippen LogP contribution in [0, 0.1) is 0 Å². The summed E-state index contributed by atoms with van der Waals surface area (Å²) < 4.78 is 5.10. The molecule has 2 aromatic rings. The van der Waals surface area contributed by atoms with Crippen LogP contribution < -0.4 is 11.1 Å². The molecule has 0 unspecified atom stereocenters. The van der Waals surface area contributed by atoms with Gasteiger partial charge in [0.05, 0.1) is 5.56 Å². The zero-order valence-corrected chi connectivity index (χ0v) is 13.1. The smallest absolute Gasteiger partial charge is 0.407 e. The van der Waals surface area contributed by atoms with Gasteiger partial charge in [-0.25, -0.2) is 4.79 Å². The van der Waals surface area contributed by atoms with E-state index in [0.29, 0.717) is 18.5 Å². The van der Waals surface area contributed by atoms with E-state index < -0.39 is 12.0 Å². The molecule has 1 aromatic heterocycles. The molecule has 1 aromatic carbocycles. The molecule has 0 aliphatic rings. The van der Waals surface area contributed by atoms with E-state index in [9.17, 15) is 9.59 Å². The van der Waals surface area contributed by atoms with E-state index in [2.05, 4.69) is 10.3 Å². The second-order valence-electron chi connectivity index (χ2n) is 5.05. The van der Waals surface area contributed by atoms with Gasteiger partial charge in [0.2, 0.25) is 5.91 Å². The number of carbonyl (C=O) groups is 2.